The Morgan fingerprint density at radius 1 is 1.12 bits per heavy atom. The lowest BCUT2D eigenvalue weighted by Crippen LogP contribution is -2.54. The molecule has 0 bridgehead atoms. The van der Waals surface area contributed by atoms with Gasteiger partial charge in [0.1, 0.15) is 17.1 Å². The summed E-state index contributed by atoms with van der Waals surface area (Å²) in [5.74, 6) is -3.28. The Morgan fingerprint density at radius 2 is 1.84 bits per heavy atom. The fourth-order valence-electron chi connectivity index (χ4n) is 5.47. The molecular weight excluding hydrogens is 413 g/mol. The van der Waals surface area contributed by atoms with Gasteiger partial charge in [-0.1, -0.05) is 19.1 Å². The number of phenolic OH excluding ortho intramolecular Hbond substituents is 1. The van der Waals surface area contributed by atoms with E-state index in [0.29, 0.717) is 24.1 Å². The summed E-state index contributed by atoms with van der Waals surface area (Å²) in [6.07, 6.45) is 0.964. The lowest BCUT2D eigenvalue weighted by atomic mass is 9.76. The van der Waals surface area contributed by atoms with Crippen LogP contribution in [0.3, 0.4) is 0 Å². The molecule has 0 saturated carbocycles. The van der Waals surface area contributed by atoms with Crippen molar-refractivity contribution in [3.05, 3.63) is 59.4 Å². The number of imide groups is 1. The first-order chi connectivity index (χ1) is 15.3. The minimum Gasteiger partial charge on any atom is -0.508 e. The highest BCUT2D eigenvalue weighted by Crippen LogP contribution is 2.53. The molecule has 5 rings (SSSR count). The Bertz CT molecular complexity index is 1130. The number of hydrogen-bond acceptors (Lipinski definition) is 5. The molecule has 8 heteroatoms. The van der Waals surface area contributed by atoms with Crippen molar-refractivity contribution in [3.8, 4) is 5.75 Å². The second-order valence-corrected chi connectivity index (χ2v) is 8.88. The van der Waals surface area contributed by atoms with Crippen LogP contribution < -0.4 is 10.6 Å². The number of amides is 3. The summed E-state index contributed by atoms with van der Waals surface area (Å²) < 4.78 is 14.2. The number of carbonyl (C=O) groups is 3. The topological polar surface area (TPSA) is 98.7 Å². The van der Waals surface area contributed by atoms with E-state index in [9.17, 15) is 23.9 Å². The smallest absolute Gasteiger partial charge is 0.250 e. The molecule has 3 aliphatic rings. The second kappa shape index (κ2) is 7.13. The van der Waals surface area contributed by atoms with E-state index in [0.717, 1.165) is 5.56 Å². The first kappa shape index (κ1) is 20.6. The molecular formula is C24H24FN3O4. The lowest BCUT2D eigenvalue weighted by molar-refractivity contribution is -0.145. The van der Waals surface area contributed by atoms with Crippen LogP contribution >= 0.6 is 0 Å². The van der Waals surface area contributed by atoms with Gasteiger partial charge in [0, 0.05) is 23.3 Å². The molecule has 166 valence electrons. The van der Waals surface area contributed by atoms with E-state index in [1.807, 2.05) is 13.8 Å². The summed E-state index contributed by atoms with van der Waals surface area (Å²) in [4.78, 5) is 41.7. The Kier molecular flexibility index (Phi) is 4.60. The minimum atomic E-state index is -1.52. The molecule has 3 N–H and O–H groups in total. The Morgan fingerprint density at radius 3 is 2.53 bits per heavy atom. The van der Waals surface area contributed by atoms with Crippen molar-refractivity contribution in [1.82, 2.24) is 10.2 Å². The highest BCUT2D eigenvalue weighted by Gasteiger charge is 2.70. The van der Waals surface area contributed by atoms with Crippen molar-refractivity contribution in [2.75, 3.05) is 5.32 Å². The highest BCUT2D eigenvalue weighted by atomic mass is 19.1. The van der Waals surface area contributed by atoms with Crippen LogP contribution in [0.5, 0.6) is 5.75 Å². The van der Waals surface area contributed by atoms with Crippen LogP contribution in [0.2, 0.25) is 0 Å². The number of benzene rings is 2. The summed E-state index contributed by atoms with van der Waals surface area (Å²) in [5.41, 5.74) is 0.128. The first-order valence-corrected chi connectivity index (χ1v) is 10.8. The summed E-state index contributed by atoms with van der Waals surface area (Å²) in [7, 11) is 0. The predicted molar refractivity (Wildman–Crippen MR) is 114 cm³/mol. The molecule has 0 aromatic heterocycles. The van der Waals surface area contributed by atoms with Crippen LogP contribution in [0.4, 0.5) is 10.1 Å². The maximum absolute atomic E-state index is 14.2. The number of nitrogens with one attached hydrogen (secondary N) is 2. The van der Waals surface area contributed by atoms with Crippen molar-refractivity contribution in [3.63, 3.8) is 0 Å². The third-order valence-electron chi connectivity index (χ3n) is 7.13. The molecule has 3 amide bonds. The summed E-state index contributed by atoms with van der Waals surface area (Å²) >= 11 is 0. The van der Waals surface area contributed by atoms with Gasteiger partial charge in [-0.2, -0.15) is 0 Å². The SMILES string of the molecule is CC[C@H](C)N1C(=O)[C@@H]2[C@H](Cc3ccc(O)cc3)N[C@]3(C(=O)Nc4ccc(F)cc43)[C@@H]2C1=O. The maximum Gasteiger partial charge on any atom is 0.250 e. The molecule has 32 heavy (non-hydrogen) atoms. The molecule has 2 aromatic carbocycles. The normalized spacial score (nSPS) is 29.4. The van der Waals surface area contributed by atoms with E-state index < -0.39 is 41.0 Å². The number of likely N-dealkylation sites (tertiary alicyclic amines) is 1. The van der Waals surface area contributed by atoms with E-state index in [1.165, 1.54) is 23.1 Å². The first-order valence-electron chi connectivity index (χ1n) is 10.8. The third kappa shape index (κ3) is 2.72. The molecule has 3 heterocycles. The monoisotopic (exact) mass is 437 g/mol. The number of fused-ring (bicyclic) bond motifs is 4. The fraction of sp³-hybridized carbons (Fsp3) is 0.375. The van der Waals surface area contributed by atoms with Crippen molar-refractivity contribution >= 4 is 23.4 Å². The number of phenols is 1. The molecule has 0 unspecified atom stereocenters. The van der Waals surface area contributed by atoms with Crippen LogP contribution in [0.25, 0.3) is 0 Å². The van der Waals surface area contributed by atoms with Crippen LogP contribution in [0, 0.1) is 17.7 Å². The average Bonchev–Trinajstić information content (AvgIpc) is 3.34. The number of nitrogens with zero attached hydrogens (tertiary/aromatic N) is 1. The fourth-order valence-corrected chi connectivity index (χ4v) is 5.47. The molecule has 2 fully saturated rings. The number of anilines is 1. The van der Waals surface area contributed by atoms with Crippen molar-refractivity contribution < 1.29 is 23.9 Å². The molecule has 0 aliphatic carbocycles. The molecule has 1 spiro atoms. The molecule has 7 nitrogen and oxygen atoms in total. The van der Waals surface area contributed by atoms with Gasteiger partial charge in [-0.3, -0.25) is 24.6 Å². The van der Waals surface area contributed by atoms with Gasteiger partial charge in [-0.05, 0) is 55.7 Å². The van der Waals surface area contributed by atoms with Gasteiger partial charge >= 0.3 is 0 Å². The minimum absolute atomic E-state index is 0.122. The van der Waals surface area contributed by atoms with E-state index >= 15 is 0 Å². The summed E-state index contributed by atoms with van der Waals surface area (Å²) in [6, 6.07) is 9.78. The van der Waals surface area contributed by atoms with E-state index in [4.69, 9.17) is 0 Å². The van der Waals surface area contributed by atoms with E-state index in [1.54, 1.807) is 24.3 Å². The van der Waals surface area contributed by atoms with Crippen molar-refractivity contribution in [1.29, 1.82) is 0 Å². The van der Waals surface area contributed by atoms with E-state index in [-0.39, 0.29) is 17.7 Å². The summed E-state index contributed by atoms with van der Waals surface area (Å²) in [6.45, 7) is 3.71. The Labute approximate surface area is 184 Å². The molecule has 2 saturated heterocycles. The number of hydrogen-bond donors (Lipinski definition) is 3. The Hall–Kier alpha value is -3.26. The molecule has 3 aliphatic heterocycles. The van der Waals surface area contributed by atoms with Crippen LogP contribution in [0.15, 0.2) is 42.5 Å². The van der Waals surface area contributed by atoms with Crippen LogP contribution in [0.1, 0.15) is 31.4 Å². The largest absolute Gasteiger partial charge is 0.508 e. The maximum atomic E-state index is 14.2. The van der Waals surface area contributed by atoms with Crippen molar-refractivity contribution in [2.24, 2.45) is 11.8 Å². The number of halogens is 1. The number of rotatable bonds is 4. The predicted octanol–water partition coefficient (Wildman–Crippen LogP) is 2.29. The zero-order valence-corrected chi connectivity index (χ0v) is 17.8. The summed E-state index contributed by atoms with van der Waals surface area (Å²) in [5, 5.41) is 15.7. The zero-order valence-electron chi connectivity index (χ0n) is 17.8. The number of aromatic hydroxyl groups is 1. The van der Waals surface area contributed by atoms with Crippen molar-refractivity contribution in [2.45, 2.75) is 44.3 Å². The standard InChI is InChI=1S/C24H24FN3O4/c1-3-12(2)28-21(30)19-18(10-13-4-7-15(29)8-5-13)27-24(20(19)22(28)31)16-11-14(25)6-9-17(16)26-23(24)32/h4-9,11-12,18-20,27,29H,3,10H2,1-2H3,(H,26,32)/t12-,18-,19+,20-,24-/m0/s1. The van der Waals surface area contributed by atoms with Gasteiger partial charge in [0.15, 0.2) is 0 Å². The molecule has 2 aromatic rings. The van der Waals surface area contributed by atoms with Gasteiger partial charge in [-0.15, -0.1) is 0 Å². The molecule has 0 radical (unpaired) electrons. The van der Waals surface area contributed by atoms with Gasteiger partial charge in [-0.25, -0.2) is 4.39 Å². The average molecular weight is 437 g/mol. The second-order valence-electron chi connectivity index (χ2n) is 8.88. The highest BCUT2D eigenvalue weighted by molar-refractivity contribution is 6.15. The number of carbonyl (C=O) groups excluding carboxylic acids is 3. The Balaban J connectivity index is 1.64. The van der Waals surface area contributed by atoms with Gasteiger partial charge in [0.2, 0.25) is 17.7 Å². The van der Waals surface area contributed by atoms with Gasteiger partial charge in [0.25, 0.3) is 0 Å². The van der Waals surface area contributed by atoms with E-state index in [2.05, 4.69) is 10.6 Å². The molecule has 5 atom stereocenters. The zero-order chi connectivity index (χ0) is 22.8. The lowest BCUT2D eigenvalue weighted by Gasteiger charge is -2.31. The van der Waals surface area contributed by atoms with Crippen LogP contribution in [-0.4, -0.2) is 39.8 Å². The van der Waals surface area contributed by atoms with Crippen LogP contribution in [-0.2, 0) is 26.3 Å². The third-order valence-corrected chi connectivity index (χ3v) is 7.13. The van der Waals surface area contributed by atoms with Gasteiger partial charge in [0.05, 0.1) is 11.8 Å². The van der Waals surface area contributed by atoms with Gasteiger partial charge < -0.3 is 10.4 Å². The quantitative estimate of drug-likeness (QED) is 0.638.